The summed E-state index contributed by atoms with van der Waals surface area (Å²) in [5.74, 6) is -0.125. The van der Waals surface area contributed by atoms with E-state index in [1.807, 2.05) is 24.9 Å². The first-order valence-electron chi connectivity index (χ1n) is 9.06. The van der Waals surface area contributed by atoms with E-state index in [0.29, 0.717) is 17.8 Å². The maximum atomic E-state index is 12.9. The summed E-state index contributed by atoms with van der Waals surface area (Å²) in [7, 11) is -1.90. The summed E-state index contributed by atoms with van der Waals surface area (Å²) in [6.45, 7) is 3.33. The van der Waals surface area contributed by atoms with Crippen LogP contribution in [-0.4, -0.2) is 45.4 Å². The number of aryl methyl sites for hydroxylation is 1. The summed E-state index contributed by atoms with van der Waals surface area (Å²) in [6, 6.07) is 13.5. The number of amides is 1. The van der Waals surface area contributed by atoms with Gasteiger partial charge < -0.3 is 10.2 Å². The second kappa shape index (κ2) is 9.41. The van der Waals surface area contributed by atoms with Crippen molar-refractivity contribution in [2.45, 2.75) is 30.7 Å². The summed E-state index contributed by atoms with van der Waals surface area (Å²) in [5, 5.41) is 3.11. The minimum atomic E-state index is -3.77. The molecule has 8 heteroatoms. The van der Waals surface area contributed by atoms with E-state index in [-0.39, 0.29) is 29.3 Å². The van der Waals surface area contributed by atoms with Gasteiger partial charge in [0.15, 0.2) is 0 Å². The molecule has 6 nitrogen and oxygen atoms in total. The number of anilines is 1. The van der Waals surface area contributed by atoms with Crippen molar-refractivity contribution in [1.29, 1.82) is 0 Å². The smallest absolute Gasteiger partial charge is 0.261 e. The van der Waals surface area contributed by atoms with Gasteiger partial charge in [-0.05, 0) is 62.7 Å². The van der Waals surface area contributed by atoms with Crippen molar-refractivity contribution in [2.75, 3.05) is 24.9 Å². The van der Waals surface area contributed by atoms with Crippen LogP contribution >= 0.6 is 12.4 Å². The lowest BCUT2D eigenvalue weighted by Crippen LogP contribution is -2.40. The number of nitrogens with one attached hydrogen (secondary N) is 2. The predicted molar refractivity (Wildman–Crippen MR) is 114 cm³/mol. The van der Waals surface area contributed by atoms with Gasteiger partial charge in [-0.15, -0.1) is 12.4 Å². The summed E-state index contributed by atoms with van der Waals surface area (Å²) < 4.78 is 28.0. The van der Waals surface area contributed by atoms with E-state index in [2.05, 4.69) is 10.0 Å². The third kappa shape index (κ3) is 5.04. The highest BCUT2D eigenvalue weighted by molar-refractivity contribution is 7.92. The highest BCUT2D eigenvalue weighted by Crippen LogP contribution is 2.22. The van der Waals surface area contributed by atoms with Crippen LogP contribution in [0.3, 0.4) is 0 Å². The summed E-state index contributed by atoms with van der Waals surface area (Å²) in [6.07, 6.45) is 1.92. The van der Waals surface area contributed by atoms with Gasteiger partial charge in [0.2, 0.25) is 0 Å². The highest BCUT2D eigenvalue weighted by atomic mass is 35.5. The number of likely N-dealkylation sites (tertiary alicyclic amines) is 1. The molecule has 1 aliphatic rings. The number of nitrogens with zero attached hydrogens (tertiary/aromatic N) is 1. The maximum Gasteiger partial charge on any atom is 0.261 e. The molecule has 0 radical (unpaired) electrons. The van der Waals surface area contributed by atoms with Gasteiger partial charge in [-0.1, -0.05) is 18.2 Å². The molecule has 2 aromatic rings. The molecular weight excluding hydrogens is 398 g/mol. The maximum absolute atomic E-state index is 12.9. The number of carbonyl (C=O) groups excluding carboxylic acids is 1. The number of hydrogen-bond acceptors (Lipinski definition) is 4. The first-order valence-corrected chi connectivity index (χ1v) is 10.5. The molecule has 2 N–H and O–H groups in total. The Hall–Kier alpha value is -2.09. The van der Waals surface area contributed by atoms with Gasteiger partial charge in [0, 0.05) is 30.4 Å². The molecule has 3 rings (SSSR count). The molecule has 152 valence electrons. The zero-order chi connectivity index (χ0) is 19.4. The number of halogens is 1. The number of sulfonamides is 1. The Morgan fingerprint density at radius 2 is 1.93 bits per heavy atom. The Kier molecular flexibility index (Phi) is 7.46. The normalized spacial score (nSPS) is 16.5. The Labute approximate surface area is 172 Å². The molecular formula is C20H26ClN3O3S. The fraction of sp³-hybridized carbons (Fsp3) is 0.350. The summed E-state index contributed by atoms with van der Waals surface area (Å²) in [4.78, 5) is 14.8. The van der Waals surface area contributed by atoms with Crippen molar-refractivity contribution in [3.63, 3.8) is 0 Å². The van der Waals surface area contributed by atoms with Crippen LogP contribution in [0.15, 0.2) is 53.4 Å². The Morgan fingerprint density at radius 3 is 2.64 bits per heavy atom. The highest BCUT2D eigenvalue weighted by Gasteiger charge is 2.29. The number of carbonyl (C=O) groups is 1. The summed E-state index contributed by atoms with van der Waals surface area (Å²) >= 11 is 0. The monoisotopic (exact) mass is 423 g/mol. The lowest BCUT2D eigenvalue weighted by atomic mass is 10.1. The molecule has 0 spiro atoms. The van der Waals surface area contributed by atoms with Crippen molar-refractivity contribution in [3.05, 3.63) is 59.7 Å². The molecule has 0 saturated carbocycles. The molecule has 0 aromatic heterocycles. The van der Waals surface area contributed by atoms with Gasteiger partial charge >= 0.3 is 0 Å². The van der Waals surface area contributed by atoms with Gasteiger partial charge in [-0.3, -0.25) is 9.52 Å². The fourth-order valence-corrected chi connectivity index (χ4v) is 4.53. The molecule has 0 aliphatic carbocycles. The van der Waals surface area contributed by atoms with E-state index >= 15 is 0 Å². The van der Waals surface area contributed by atoms with Crippen LogP contribution in [0, 0.1) is 6.92 Å². The Bertz CT molecular complexity index is 934. The molecule has 1 fully saturated rings. The SMILES string of the molecule is CNCC1CCCN1C(=O)c1cccc(S(=O)(=O)Nc2cccc(C)c2)c1.Cl. The number of rotatable bonds is 6. The molecule has 1 heterocycles. The Morgan fingerprint density at radius 1 is 1.18 bits per heavy atom. The van der Waals surface area contributed by atoms with Crippen LogP contribution in [0.1, 0.15) is 28.8 Å². The van der Waals surface area contributed by atoms with Crippen molar-refractivity contribution in [1.82, 2.24) is 10.2 Å². The largest absolute Gasteiger partial charge is 0.334 e. The third-order valence-corrected chi connectivity index (χ3v) is 6.12. The van der Waals surface area contributed by atoms with Crippen LogP contribution in [0.5, 0.6) is 0 Å². The fourth-order valence-electron chi connectivity index (χ4n) is 3.44. The number of hydrogen-bond donors (Lipinski definition) is 2. The zero-order valence-corrected chi connectivity index (χ0v) is 17.6. The Balaban J connectivity index is 0.00000280. The van der Waals surface area contributed by atoms with Crippen molar-refractivity contribution >= 4 is 34.0 Å². The van der Waals surface area contributed by atoms with Gasteiger partial charge in [-0.2, -0.15) is 0 Å². The molecule has 2 aromatic carbocycles. The van der Waals surface area contributed by atoms with E-state index in [1.54, 1.807) is 30.3 Å². The van der Waals surface area contributed by atoms with Crippen molar-refractivity contribution in [3.8, 4) is 0 Å². The van der Waals surface area contributed by atoms with Gasteiger partial charge in [0.25, 0.3) is 15.9 Å². The van der Waals surface area contributed by atoms with E-state index < -0.39 is 10.0 Å². The minimum absolute atomic E-state index is 0. The minimum Gasteiger partial charge on any atom is -0.334 e. The third-order valence-electron chi connectivity index (χ3n) is 4.74. The molecule has 28 heavy (non-hydrogen) atoms. The average molecular weight is 424 g/mol. The van der Waals surface area contributed by atoms with E-state index in [1.165, 1.54) is 12.1 Å². The number of likely N-dealkylation sites (N-methyl/N-ethyl adjacent to an activating group) is 1. The summed E-state index contributed by atoms with van der Waals surface area (Å²) in [5.41, 5.74) is 1.86. The van der Waals surface area contributed by atoms with Gasteiger partial charge in [-0.25, -0.2) is 8.42 Å². The van der Waals surface area contributed by atoms with E-state index in [4.69, 9.17) is 0 Å². The van der Waals surface area contributed by atoms with Crippen molar-refractivity contribution in [2.24, 2.45) is 0 Å². The van der Waals surface area contributed by atoms with Gasteiger partial charge in [0.05, 0.1) is 4.90 Å². The molecule has 1 saturated heterocycles. The molecule has 1 aliphatic heterocycles. The molecule has 0 bridgehead atoms. The number of benzene rings is 2. The lowest BCUT2D eigenvalue weighted by molar-refractivity contribution is 0.0737. The first-order chi connectivity index (χ1) is 12.9. The average Bonchev–Trinajstić information content (AvgIpc) is 3.09. The first kappa shape index (κ1) is 22.2. The molecule has 1 unspecified atom stereocenters. The topological polar surface area (TPSA) is 78.5 Å². The van der Waals surface area contributed by atoms with Crippen molar-refractivity contribution < 1.29 is 13.2 Å². The van der Waals surface area contributed by atoms with Crippen LogP contribution in [0.25, 0.3) is 0 Å². The lowest BCUT2D eigenvalue weighted by Gasteiger charge is -2.24. The zero-order valence-electron chi connectivity index (χ0n) is 16.0. The van der Waals surface area contributed by atoms with Gasteiger partial charge in [0.1, 0.15) is 0 Å². The van der Waals surface area contributed by atoms with E-state index in [0.717, 1.165) is 24.9 Å². The van der Waals surface area contributed by atoms with Crippen LogP contribution in [0.4, 0.5) is 5.69 Å². The standard InChI is InChI=1S/C20H25N3O3S.ClH/c1-15-6-3-8-17(12-15)22-27(25,26)19-10-4-7-16(13-19)20(24)23-11-5-9-18(23)14-21-2;/h3-4,6-8,10,12-13,18,21-22H,5,9,11,14H2,1-2H3;1H. The van der Waals surface area contributed by atoms with E-state index in [9.17, 15) is 13.2 Å². The van der Waals surface area contributed by atoms with Crippen LogP contribution in [-0.2, 0) is 10.0 Å². The molecule has 1 amide bonds. The quantitative estimate of drug-likeness (QED) is 0.748. The second-order valence-corrected chi connectivity index (χ2v) is 8.54. The van der Waals surface area contributed by atoms with Crippen LogP contribution < -0.4 is 10.0 Å². The predicted octanol–water partition coefficient (Wildman–Crippen LogP) is 3.04. The molecule has 1 atom stereocenters. The second-order valence-electron chi connectivity index (χ2n) is 6.86. The van der Waals surface area contributed by atoms with Crippen LogP contribution in [0.2, 0.25) is 0 Å².